The summed E-state index contributed by atoms with van der Waals surface area (Å²) < 4.78 is 0.321. The van der Waals surface area contributed by atoms with Crippen molar-refractivity contribution in [1.29, 1.82) is 0 Å². The highest BCUT2D eigenvalue weighted by Crippen LogP contribution is 2.31. The largest absolute Gasteiger partial charge is 0.378 e. The van der Waals surface area contributed by atoms with Crippen LogP contribution in [0.15, 0.2) is 16.7 Å². The standard InChI is InChI=1S/C12H15BrN4O3/c1-14-12(18)8-3-2-4-10(8)16-7-5-9(13)11(15-6-7)17(19)20/h5-6,8,10,16H,2-4H2,1H3,(H,14,18). The number of halogens is 1. The molecule has 1 aliphatic rings. The van der Waals surface area contributed by atoms with Crippen LogP contribution in [0.4, 0.5) is 11.5 Å². The van der Waals surface area contributed by atoms with Gasteiger partial charge in [-0.25, -0.2) is 0 Å². The van der Waals surface area contributed by atoms with Gasteiger partial charge in [0.25, 0.3) is 0 Å². The molecule has 1 fully saturated rings. The summed E-state index contributed by atoms with van der Waals surface area (Å²) in [5.74, 6) is -0.271. The molecule has 20 heavy (non-hydrogen) atoms. The van der Waals surface area contributed by atoms with E-state index in [2.05, 4.69) is 31.5 Å². The van der Waals surface area contributed by atoms with Crippen LogP contribution in [0, 0.1) is 16.0 Å². The molecular weight excluding hydrogens is 328 g/mol. The van der Waals surface area contributed by atoms with Gasteiger partial charge in [-0.1, -0.05) is 6.42 Å². The Morgan fingerprint density at radius 2 is 2.30 bits per heavy atom. The monoisotopic (exact) mass is 342 g/mol. The molecule has 1 heterocycles. The van der Waals surface area contributed by atoms with Crippen molar-refractivity contribution in [2.45, 2.75) is 25.3 Å². The van der Waals surface area contributed by atoms with Gasteiger partial charge in [0.2, 0.25) is 5.91 Å². The van der Waals surface area contributed by atoms with Gasteiger partial charge in [-0.15, -0.1) is 0 Å². The Balaban J connectivity index is 2.12. The van der Waals surface area contributed by atoms with Crippen molar-refractivity contribution < 1.29 is 9.72 Å². The van der Waals surface area contributed by atoms with Crippen LogP contribution in [0.25, 0.3) is 0 Å². The van der Waals surface area contributed by atoms with Gasteiger partial charge in [-0.3, -0.25) is 4.79 Å². The van der Waals surface area contributed by atoms with Crippen molar-refractivity contribution in [3.05, 3.63) is 26.9 Å². The molecule has 1 aliphatic carbocycles. The van der Waals surface area contributed by atoms with Crippen LogP contribution < -0.4 is 10.6 Å². The van der Waals surface area contributed by atoms with E-state index in [0.29, 0.717) is 10.2 Å². The molecule has 2 rings (SSSR count). The fourth-order valence-corrected chi connectivity index (χ4v) is 2.98. The van der Waals surface area contributed by atoms with Gasteiger partial charge in [-0.2, -0.15) is 0 Å². The molecule has 2 unspecified atom stereocenters. The first-order valence-corrected chi connectivity index (χ1v) is 7.10. The molecule has 1 amide bonds. The minimum absolute atomic E-state index is 0.0222. The normalized spacial score (nSPS) is 21.5. The molecule has 2 atom stereocenters. The van der Waals surface area contributed by atoms with Crippen molar-refractivity contribution in [2.75, 3.05) is 12.4 Å². The van der Waals surface area contributed by atoms with Crippen LogP contribution in [0.2, 0.25) is 0 Å². The number of rotatable bonds is 4. The van der Waals surface area contributed by atoms with Crippen LogP contribution in [0.5, 0.6) is 0 Å². The Bertz CT molecular complexity index is 537. The number of nitro groups is 1. The minimum Gasteiger partial charge on any atom is -0.378 e. The Kier molecular flexibility index (Phi) is 4.53. The second-order valence-electron chi connectivity index (χ2n) is 4.69. The molecule has 2 N–H and O–H groups in total. The third-order valence-electron chi connectivity index (χ3n) is 3.45. The highest BCUT2D eigenvalue weighted by atomic mass is 79.9. The molecule has 0 spiro atoms. The summed E-state index contributed by atoms with van der Waals surface area (Å²) >= 11 is 3.13. The summed E-state index contributed by atoms with van der Waals surface area (Å²) in [5.41, 5.74) is 0.670. The molecule has 0 aromatic carbocycles. The van der Waals surface area contributed by atoms with E-state index < -0.39 is 4.92 Å². The number of amides is 1. The van der Waals surface area contributed by atoms with Gasteiger partial charge in [0.15, 0.2) is 6.20 Å². The fourth-order valence-electron chi connectivity index (χ4n) is 2.49. The maximum absolute atomic E-state index is 11.8. The van der Waals surface area contributed by atoms with Gasteiger partial charge in [0, 0.05) is 13.1 Å². The number of carbonyl (C=O) groups is 1. The van der Waals surface area contributed by atoms with Gasteiger partial charge in [0.05, 0.1) is 11.6 Å². The lowest BCUT2D eigenvalue weighted by atomic mass is 10.0. The smallest absolute Gasteiger partial charge is 0.377 e. The van der Waals surface area contributed by atoms with Crippen molar-refractivity contribution in [2.24, 2.45) is 5.92 Å². The zero-order valence-corrected chi connectivity index (χ0v) is 12.5. The number of carbonyl (C=O) groups excluding carboxylic acids is 1. The quantitative estimate of drug-likeness (QED) is 0.644. The summed E-state index contributed by atoms with van der Waals surface area (Å²) in [7, 11) is 1.63. The van der Waals surface area contributed by atoms with E-state index >= 15 is 0 Å². The average molecular weight is 343 g/mol. The highest BCUT2D eigenvalue weighted by Gasteiger charge is 2.32. The Hall–Kier alpha value is -1.70. The molecule has 7 nitrogen and oxygen atoms in total. The number of hydrogen-bond acceptors (Lipinski definition) is 5. The molecule has 8 heteroatoms. The molecule has 0 radical (unpaired) electrons. The van der Waals surface area contributed by atoms with E-state index in [-0.39, 0.29) is 23.7 Å². The second-order valence-corrected chi connectivity index (χ2v) is 5.54. The Morgan fingerprint density at radius 3 is 2.90 bits per heavy atom. The van der Waals surface area contributed by atoms with Crippen molar-refractivity contribution in [1.82, 2.24) is 10.3 Å². The fraction of sp³-hybridized carbons (Fsp3) is 0.500. The van der Waals surface area contributed by atoms with E-state index in [1.807, 2.05) is 0 Å². The maximum atomic E-state index is 11.8. The summed E-state index contributed by atoms with van der Waals surface area (Å²) in [4.78, 5) is 25.7. The van der Waals surface area contributed by atoms with E-state index in [1.54, 1.807) is 13.1 Å². The average Bonchev–Trinajstić information content (AvgIpc) is 2.85. The lowest BCUT2D eigenvalue weighted by Crippen LogP contribution is -2.36. The summed E-state index contributed by atoms with van der Waals surface area (Å²) in [6.45, 7) is 0. The van der Waals surface area contributed by atoms with Gasteiger partial charge in [0.1, 0.15) is 4.47 Å². The van der Waals surface area contributed by atoms with E-state index in [4.69, 9.17) is 0 Å². The predicted octanol–water partition coefficient (Wildman–Crippen LogP) is 2.08. The molecular formula is C12H15BrN4O3. The Morgan fingerprint density at radius 1 is 1.55 bits per heavy atom. The topological polar surface area (TPSA) is 97.2 Å². The number of nitrogens with zero attached hydrogens (tertiary/aromatic N) is 2. The van der Waals surface area contributed by atoms with Crippen molar-refractivity contribution in [3.63, 3.8) is 0 Å². The molecule has 1 aromatic rings. The molecule has 0 saturated heterocycles. The van der Waals surface area contributed by atoms with E-state index in [9.17, 15) is 14.9 Å². The third kappa shape index (κ3) is 3.06. The first-order chi connectivity index (χ1) is 9.52. The number of pyridine rings is 1. The zero-order chi connectivity index (χ0) is 14.7. The van der Waals surface area contributed by atoms with E-state index in [1.165, 1.54) is 6.20 Å². The molecule has 1 aromatic heterocycles. The maximum Gasteiger partial charge on any atom is 0.377 e. The molecule has 108 valence electrons. The highest BCUT2D eigenvalue weighted by molar-refractivity contribution is 9.10. The van der Waals surface area contributed by atoms with Crippen molar-refractivity contribution in [3.8, 4) is 0 Å². The van der Waals surface area contributed by atoms with Gasteiger partial charge >= 0.3 is 5.82 Å². The Labute approximate surface area is 124 Å². The molecule has 0 bridgehead atoms. The lowest BCUT2D eigenvalue weighted by Gasteiger charge is -2.20. The molecule has 1 saturated carbocycles. The predicted molar refractivity (Wildman–Crippen MR) is 77.4 cm³/mol. The summed E-state index contributed by atoms with van der Waals surface area (Å²) in [5, 5.41) is 16.6. The third-order valence-corrected chi connectivity index (χ3v) is 4.03. The first kappa shape index (κ1) is 14.7. The van der Waals surface area contributed by atoms with Crippen LogP contribution in [0.3, 0.4) is 0 Å². The van der Waals surface area contributed by atoms with Gasteiger partial charge in [-0.05, 0) is 44.7 Å². The first-order valence-electron chi connectivity index (χ1n) is 6.31. The van der Waals surface area contributed by atoms with Crippen LogP contribution in [0.1, 0.15) is 19.3 Å². The van der Waals surface area contributed by atoms with Crippen molar-refractivity contribution >= 4 is 33.3 Å². The van der Waals surface area contributed by atoms with Gasteiger partial charge < -0.3 is 20.7 Å². The minimum atomic E-state index is -0.545. The van der Waals surface area contributed by atoms with Crippen LogP contribution >= 0.6 is 15.9 Å². The number of anilines is 1. The summed E-state index contributed by atoms with van der Waals surface area (Å²) in [6.07, 6.45) is 4.14. The van der Waals surface area contributed by atoms with Crippen LogP contribution in [-0.2, 0) is 4.79 Å². The molecule has 0 aliphatic heterocycles. The lowest BCUT2D eigenvalue weighted by molar-refractivity contribution is -0.390. The second kappa shape index (κ2) is 6.17. The number of aromatic nitrogens is 1. The zero-order valence-electron chi connectivity index (χ0n) is 10.9. The number of hydrogen-bond donors (Lipinski definition) is 2. The van der Waals surface area contributed by atoms with E-state index in [0.717, 1.165) is 19.3 Å². The SMILES string of the molecule is CNC(=O)C1CCCC1Nc1cnc([N+](=O)[O-])c(Br)c1. The van der Waals surface area contributed by atoms with Crippen LogP contribution in [-0.4, -0.2) is 28.9 Å². The number of nitrogens with one attached hydrogen (secondary N) is 2. The summed E-state index contributed by atoms with van der Waals surface area (Å²) in [6, 6.07) is 1.65.